The van der Waals surface area contributed by atoms with E-state index in [1.807, 2.05) is 0 Å². The van der Waals surface area contributed by atoms with Crippen LogP contribution in [0.1, 0.15) is 11.1 Å². The first-order chi connectivity index (χ1) is 4.97. The molecule has 0 aliphatic carbocycles. The van der Waals surface area contributed by atoms with Gasteiger partial charge in [-0.1, -0.05) is 24.3 Å². The van der Waals surface area contributed by atoms with Gasteiger partial charge in [-0.15, -0.1) is 20.7 Å². The van der Waals surface area contributed by atoms with Crippen LogP contribution in [0.5, 0.6) is 0 Å². The predicted octanol–water partition coefficient (Wildman–Crippen LogP) is 2.53. The van der Waals surface area contributed by atoms with Crippen LogP contribution in [0.15, 0.2) is 24.3 Å². The Morgan fingerprint density at radius 2 is 2.10 bits per heavy atom. The maximum atomic E-state index is 2.42. The van der Waals surface area contributed by atoms with E-state index in [-0.39, 0.29) is 20.7 Å². The number of fused-ring (bicyclic) bond motifs is 1. The monoisotopic (exact) mass is 243 g/mol. The summed E-state index contributed by atoms with van der Waals surface area (Å²) in [6.07, 6.45) is 1.19. The van der Waals surface area contributed by atoms with E-state index in [0.29, 0.717) is 0 Å². The van der Waals surface area contributed by atoms with E-state index < -0.39 is 0 Å². The zero-order valence-corrected chi connectivity index (χ0v) is 7.71. The van der Waals surface area contributed by atoms with Crippen LogP contribution in [0, 0.1) is 4.43 Å². The average Bonchev–Trinajstić information content (AvgIpc) is 2.05. The molecule has 0 fully saturated rings. The lowest BCUT2D eigenvalue weighted by atomic mass is 10.1. The molecule has 0 N–H and O–H groups in total. The first-order valence-corrected chi connectivity index (χ1v) is 5.81. The van der Waals surface area contributed by atoms with Crippen LogP contribution in [-0.4, -0.2) is 4.01 Å². The molecular formula is C9H8I. The predicted molar refractivity (Wildman–Crippen MR) is 53.6 cm³/mol. The molecule has 1 aliphatic rings. The summed E-state index contributed by atoms with van der Waals surface area (Å²) in [5, 5.41) is 0. The van der Waals surface area contributed by atoms with Crippen LogP contribution < -0.4 is 0 Å². The van der Waals surface area contributed by atoms with E-state index in [4.69, 9.17) is 0 Å². The molecule has 0 aromatic heterocycles. The van der Waals surface area contributed by atoms with Crippen LogP contribution in [0.3, 0.4) is 0 Å². The fourth-order valence-corrected chi connectivity index (χ4v) is 3.04. The maximum Gasteiger partial charge on any atom is 0.0466 e. The van der Waals surface area contributed by atoms with Crippen LogP contribution in [-0.2, 0) is 6.42 Å². The highest BCUT2D eigenvalue weighted by atomic mass is 127. The second-order valence-corrected chi connectivity index (χ2v) is 4.52. The number of halogens is 1. The standard InChI is InChI=1S/C9H8I/c1-2-4-9-7-10-6-5-8(9)3-1/h1-4,6-7H,5H2. The molecule has 1 aromatic carbocycles. The van der Waals surface area contributed by atoms with Crippen LogP contribution in [0.4, 0.5) is 0 Å². The second kappa shape index (κ2) is 2.82. The Kier molecular flexibility index (Phi) is 1.84. The summed E-state index contributed by atoms with van der Waals surface area (Å²) in [7, 11) is 0. The molecule has 51 valence electrons. The highest BCUT2D eigenvalue weighted by Gasteiger charge is 2.01. The normalized spacial score (nSPS) is 15.6. The Labute approximate surface area is 71.0 Å². The smallest absolute Gasteiger partial charge is 0.0466 e. The van der Waals surface area contributed by atoms with Gasteiger partial charge in [0.2, 0.25) is 0 Å². The van der Waals surface area contributed by atoms with Gasteiger partial charge in [0.1, 0.15) is 0 Å². The van der Waals surface area contributed by atoms with E-state index in [1.54, 1.807) is 0 Å². The molecule has 0 spiro atoms. The van der Waals surface area contributed by atoms with Gasteiger partial charge in [0.05, 0.1) is 0 Å². The van der Waals surface area contributed by atoms with E-state index in [0.717, 1.165) is 0 Å². The van der Waals surface area contributed by atoms with Crippen LogP contribution in [0.2, 0.25) is 0 Å². The third-order valence-electron chi connectivity index (χ3n) is 1.62. The van der Waals surface area contributed by atoms with Crippen LogP contribution in [0.25, 0.3) is 0 Å². The largest absolute Gasteiger partial charge is 0.117 e. The molecule has 1 heteroatoms. The summed E-state index contributed by atoms with van der Waals surface area (Å²) in [6, 6.07) is 8.65. The summed E-state index contributed by atoms with van der Waals surface area (Å²) < 4.78 is 4.80. The van der Waals surface area contributed by atoms with Gasteiger partial charge < -0.3 is 0 Å². The van der Waals surface area contributed by atoms with Crippen molar-refractivity contribution in [3.05, 3.63) is 39.8 Å². The van der Waals surface area contributed by atoms with E-state index in [1.165, 1.54) is 17.5 Å². The fraction of sp³-hybridized carbons (Fsp3) is 0.111. The molecule has 10 heavy (non-hydrogen) atoms. The van der Waals surface area contributed by atoms with Crippen molar-refractivity contribution in [3.63, 3.8) is 0 Å². The first-order valence-electron chi connectivity index (χ1n) is 3.31. The van der Waals surface area contributed by atoms with Crippen molar-refractivity contribution in [2.75, 3.05) is 0 Å². The molecule has 0 atom stereocenters. The van der Waals surface area contributed by atoms with Crippen molar-refractivity contribution in [2.24, 2.45) is 0 Å². The molecule has 1 heterocycles. The topological polar surface area (TPSA) is 0 Å². The third kappa shape index (κ3) is 1.15. The number of hydrogen-bond acceptors (Lipinski definition) is 0. The lowest BCUT2D eigenvalue weighted by Gasteiger charge is -2.07. The van der Waals surface area contributed by atoms with Gasteiger partial charge in [-0.25, -0.2) is 0 Å². The summed E-state index contributed by atoms with van der Waals surface area (Å²) in [5.74, 6) is 0. The number of benzene rings is 1. The first kappa shape index (κ1) is 6.53. The molecule has 0 amide bonds. The molecule has 0 nitrogen and oxygen atoms in total. The Morgan fingerprint density at radius 3 is 3.00 bits per heavy atom. The highest BCUT2D eigenvalue weighted by Crippen LogP contribution is 2.22. The molecule has 0 saturated carbocycles. The fourth-order valence-electron chi connectivity index (χ4n) is 1.07. The summed E-state index contributed by atoms with van der Waals surface area (Å²) >= 11 is 0.276. The van der Waals surface area contributed by atoms with E-state index in [2.05, 4.69) is 32.7 Å². The molecule has 0 saturated heterocycles. The minimum Gasteiger partial charge on any atom is -0.117 e. The zero-order chi connectivity index (χ0) is 6.81. The molecule has 1 aromatic rings. The Hall–Kier alpha value is -0.180. The van der Waals surface area contributed by atoms with E-state index in [9.17, 15) is 0 Å². The number of hydrogen-bond donors (Lipinski definition) is 0. The Balaban J connectivity index is 2.47. The Bertz CT molecular complexity index is 236. The average molecular weight is 243 g/mol. The van der Waals surface area contributed by atoms with Crippen LogP contribution >= 0.6 is 20.7 Å². The van der Waals surface area contributed by atoms with E-state index >= 15 is 0 Å². The maximum absolute atomic E-state index is 2.42. The van der Waals surface area contributed by atoms with Crippen molar-refractivity contribution in [3.8, 4) is 0 Å². The molecule has 1 aliphatic heterocycles. The minimum absolute atomic E-state index is 0.276. The van der Waals surface area contributed by atoms with Crippen molar-refractivity contribution in [2.45, 2.75) is 6.42 Å². The zero-order valence-electron chi connectivity index (χ0n) is 5.55. The molecule has 2 rings (SSSR count). The summed E-state index contributed by atoms with van der Waals surface area (Å²) in [4.78, 5) is 0. The van der Waals surface area contributed by atoms with Gasteiger partial charge >= 0.3 is 0 Å². The van der Waals surface area contributed by atoms with Gasteiger partial charge in [0, 0.05) is 4.43 Å². The molecular weight excluding hydrogens is 235 g/mol. The summed E-state index contributed by atoms with van der Waals surface area (Å²) in [6.45, 7) is 0. The summed E-state index contributed by atoms with van der Waals surface area (Å²) in [5.41, 5.74) is 2.96. The van der Waals surface area contributed by atoms with Crippen molar-refractivity contribution in [1.82, 2.24) is 0 Å². The minimum atomic E-state index is 0.276. The third-order valence-corrected chi connectivity index (χ3v) is 3.60. The van der Waals surface area contributed by atoms with Crippen molar-refractivity contribution in [1.29, 1.82) is 0 Å². The quantitative estimate of drug-likeness (QED) is 0.614. The SMILES string of the molecule is [CH]1I=CCc2ccccc21. The molecule has 1 radical (unpaired) electrons. The lowest BCUT2D eigenvalue weighted by Crippen LogP contribution is -1.93. The van der Waals surface area contributed by atoms with Gasteiger partial charge in [0.15, 0.2) is 0 Å². The molecule has 0 bridgehead atoms. The Morgan fingerprint density at radius 1 is 1.20 bits per heavy atom. The highest BCUT2D eigenvalue weighted by molar-refractivity contribution is 14.2. The van der Waals surface area contributed by atoms with Gasteiger partial charge in [-0.05, 0) is 21.6 Å². The van der Waals surface area contributed by atoms with Crippen molar-refractivity contribution >= 4 is 24.7 Å². The van der Waals surface area contributed by atoms with Gasteiger partial charge in [-0.3, -0.25) is 0 Å². The molecule has 0 unspecified atom stereocenters. The lowest BCUT2D eigenvalue weighted by molar-refractivity contribution is 1.34. The van der Waals surface area contributed by atoms with Gasteiger partial charge in [0.25, 0.3) is 0 Å². The second-order valence-electron chi connectivity index (χ2n) is 2.29. The van der Waals surface area contributed by atoms with Crippen molar-refractivity contribution < 1.29 is 0 Å². The van der Waals surface area contributed by atoms with Gasteiger partial charge in [-0.2, -0.15) is 0 Å². The number of rotatable bonds is 0.